The molecular formula is C13H18N2. The van der Waals surface area contributed by atoms with E-state index in [4.69, 9.17) is 0 Å². The maximum Gasteiger partial charge on any atom is 0.129 e. The van der Waals surface area contributed by atoms with E-state index in [1.54, 1.807) is 0 Å². The van der Waals surface area contributed by atoms with Crippen molar-refractivity contribution in [3.05, 3.63) is 36.0 Å². The monoisotopic (exact) mass is 202 g/mol. The van der Waals surface area contributed by atoms with Crippen LogP contribution in [0, 0.1) is 13.8 Å². The second-order valence-corrected chi connectivity index (χ2v) is 4.28. The van der Waals surface area contributed by atoms with Gasteiger partial charge in [0, 0.05) is 18.3 Å². The Morgan fingerprint density at radius 1 is 1.47 bits per heavy atom. The molecule has 1 unspecified atom stereocenters. The standard InChI is InChI=1S/C13H18N2/c1-4-12-6-5-7-15(12)13-9-10(2)8-11(3)14-13/h4,8-9,12H,1,5-7H2,2-3H3. The van der Waals surface area contributed by atoms with Crippen molar-refractivity contribution in [2.45, 2.75) is 32.7 Å². The minimum atomic E-state index is 0.471. The first-order valence-corrected chi connectivity index (χ1v) is 5.55. The minimum absolute atomic E-state index is 0.471. The largest absolute Gasteiger partial charge is 0.350 e. The molecule has 2 rings (SSSR count). The molecule has 1 atom stereocenters. The Morgan fingerprint density at radius 3 is 2.93 bits per heavy atom. The van der Waals surface area contributed by atoms with Gasteiger partial charge >= 0.3 is 0 Å². The van der Waals surface area contributed by atoms with Gasteiger partial charge in [-0.25, -0.2) is 4.98 Å². The lowest BCUT2D eigenvalue weighted by molar-refractivity contribution is 0.794. The third-order valence-corrected chi connectivity index (χ3v) is 2.95. The Morgan fingerprint density at radius 2 is 2.27 bits per heavy atom. The summed E-state index contributed by atoms with van der Waals surface area (Å²) in [6.45, 7) is 9.17. The highest BCUT2D eigenvalue weighted by molar-refractivity contribution is 5.45. The number of rotatable bonds is 2. The number of pyridine rings is 1. The van der Waals surface area contributed by atoms with E-state index in [2.05, 4.69) is 42.4 Å². The molecule has 0 bridgehead atoms. The van der Waals surface area contributed by atoms with E-state index in [9.17, 15) is 0 Å². The number of aryl methyl sites for hydroxylation is 2. The predicted molar refractivity (Wildman–Crippen MR) is 64.3 cm³/mol. The Hall–Kier alpha value is -1.31. The van der Waals surface area contributed by atoms with Gasteiger partial charge in [-0.1, -0.05) is 6.08 Å². The van der Waals surface area contributed by atoms with Crippen molar-refractivity contribution >= 4 is 5.82 Å². The van der Waals surface area contributed by atoms with Crippen LogP contribution in [0.25, 0.3) is 0 Å². The molecule has 1 fully saturated rings. The minimum Gasteiger partial charge on any atom is -0.350 e. The normalized spacial score (nSPS) is 20.7. The molecule has 1 saturated heterocycles. The first-order valence-electron chi connectivity index (χ1n) is 5.55. The van der Waals surface area contributed by atoms with Gasteiger partial charge in [-0.2, -0.15) is 0 Å². The summed E-state index contributed by atoms with van der Waals surface area (Å²) in [7, 11) is 0. The van der Waals surface area contributed by atoms with Gasteiger partial charge in [0.2, 0.25) is 0 Å². The second-order valence-electron chi connectivity index (χ2n) is 4.28. The fraction of sp³-hybridized carbons (Fsp3) is 0.462. The Kier molecular flexibility index (Phi) is 2.76. The average molecular weight is 202 g/mol. The van der Waals surface area contributed by atoms with E-state index in [-0.39, 0.29) is 0 Å². The molecule has 0 N–H and O–H groups in total. The molecule has 0 aromatic carbocycles. The molecule has 2 heterocycles. The summed E-state index contributed by atoms with van der Waals surface area (Å²) < 4.78 is 0. The molecule has 1 aromatic heterocycles. The topological polar surface area (TPSA) is 16.1 Å². The van der Waals surface area contributed by atoms with E-state index < -0.39 is 0 Å². The molecule has 0 saturated carbocycles. The zero-order valence-corrected chi connectivity index (χ0v) is 9.53. The highest BCUT2D eigenvalue weighted by Crippen LogP contribution is 2.25. The van der Waals surface area contributed by atoms with E-state index in [0.717, 1.165) is 18.1 Å². The van der Waals surface area contributed by atoms with Crippen molar-refractivity contribution in [3.63, 3.8) is 0 Å². The third kappa shape index (κ3) is 2.04. The molecule has 80 valence electrons. The summed E-state index contributed by atoms with van der Waals surface area (Å²) >= 11 is 0. The van der Waals surface area contributed by atoms with Crippen LogP contribution in [0.15, 0.2) is 24.8 Å². The highest BCUT2D eigenvalue weighted by Gasteiger charge is 2.22. The van der Waals surface area contributed by atoms with E-state index >= 15 is 0 Å². The predicted octanol–water partition coefficient (Wildman–Crippen LogP) is 2.85. The summed E-state index contributed by atoms with van der Waals surface area (Å²) in [5.74, 6) is 1.11. The number of anilines is 1. The molecule has 0 aliphatic carbocycles. The van der Waals surface area contributed by atoms with Crippen molar-refractivity contribution in [1.82, 2.24) is 4.98 Å². The van der Waals surface area contributed by atoms with E-state index in [0.29, 0.717) is 6.04 Å². The van der Waals surface area contributed by atoms with Crippen LogP contribution < -0.4 is 4.90 Å². The number of aromatic nitrogens is 1. The van der Waals surface area contributed by atoms with Crippen molar-refractivity contribution in [3.8, 4) is 0 Å². The maximum atomic E-state index is 4.59. The van der Waals surface area contributed by atoms with Gasteiger partial charge in [0.1, 0.15) is 5.82 Å². The molecular weight excluding hydrogens is 184 g/mol. The van der Waals surface area contributed by atoms with Gasteiger partial charge in [0.15, 0.2) is 0 Å². The second kappa shape index (κ2) is 4.05. The van der Waals surface area contributed by atoms with Crippen LogP contribution in [-0.2, 0) is 0 Å². The Bertz CT molecular complexity index is 351. The molecule has 0 spiro atoms. The molecule has 1 aliphatic rings. The molecule has 1 aromatic rings. The SMILES string of the molecule is C=CC1CCCN1c1cc(C)cc(C)n1. The fourth-order valence-corrected chi connectivity index (χ4v) is 2.29. The Balaban J connectivity index is 2.32. The van der Waals surface area contributed by atoms with Crippen LogP contribution in [0.4, 0.5) is 5.82 Å². The molecule has 0 amide bonds. The van der Waals surface area contributed by atoms with Gasteiger partial charge in [0.25, 0.3) is 0 Å². The van der Waals surface area contributed by atoms with Crippen LogP contribution >= 0.6 is 0 Å². The molecule has 2 heteroatoms. The van der Waals surface area contributed by atoms with Gasteiger partial charge in [0.05, 0.1) is 0 Å². The summed E-state index contributed by atoms with van der Waals surface area (Å²) in [5.41, 5.74) is 2.38. The fourth-order valence-electron chi connectivity index (χ4n) is 2.29. The van der Waals surface area contributed by atoms with Crippen molar-refractivity contribution < 1.29 is 0 Å². The number of hydrogen-bond donors (Lipinski definition) is 0. The van der Waals surface area contributed by atoms with Gasteiger partial charge in [-0.05, 0) is 44.4 Å². The number of nitrogens with zero attached hydrogens (tertiary/aromatic N) is 2. The van der Waals surface area contributed by atoms with Crippen LogP contribution in [0.2, 0.25) is 0 Å². The zero-order valence-electron chi connectivity index (χ0n) is 9.53. The Labute approximate surface area is 91.6 Å². The maximum absolute atomic E-state index is 4.59. The van der Waals surface area contributed by atoms with Crippen LogP contribution in [0.5, 0.6) is 0 Å². The van der Waals surface area contributed by atoms with Gasteiger partial charge < -0.3 is 4.90 Å². The first-order chi connectivity index (χ1) is 7.20. The molecule has 0 radical (unpaired) electrons. The zero-order chi connectivity index (χ0) is 10.8. The van der Waals surface area contributed by atoms with Gasteiger partial charge in [-0.15, -0.1) is 6.58 Å². The van der Waals surface area contributed by atoms with Crippen LogP contribution in [0.3, 0.4) is 0 Å². The van der Waals surface area contributed by atoms with Crippen LogP contribution in [0.1, 0.15) is 24.1 Å². The summed E-state index contributed by atoms with van der Waals surface area (Å²) in [4.78, 5) is 6.95. The van der Waals surface area contributed by atoms with E-state index in [1.165, 1.54) is 18.4 Å². The summed E-state index contributed by atoms with van der Waals surface area (Å²) in [5, 5.41) is 0. The van der Waals surface area contributed by atoms with E-state index in [1.807, 2.05) is 6.08 Å². The summed E-state index contributed by atoms with van der Waals surface area (Å²) in [6.07, 6.45) is 4.48. The van der Waals surface area contributed by atoms with Gasteiger partial charge in [-0.3, -0.25) is 0 Å². The molecule has 1 aliphatic heterocycles. The third-order valence-electron chi connectivity index (χ3n) is 2.95. The smallest absolute Gasteiger partial charge is 0.129 e. The lowest BCUT2D eigenvalue weighted by Crippen LogP contribution is -2.28. The van der Waals surface area contributed by atoms with Crippen molar-refractivity contribution in [2.24, 2.45) is 0 Å². The molecule has 2 nitrogen and oxygen atoms in total. The lowest BCUT2D eigenvalue weighted by atomic mass is 10.2. The quantitative estimate of drug-likeness (QED) is 0.685. The highest BCUT2D eigenvalue weighted by atomic mass is 15.2. The van der Waals surface area contributed by atoms with Crippen molar-refractivity contribution in [1.29, 1.82) is 0 Å². The van der Waals surface area contributed by atoms with Crippen molar-refractivity contribution in [2.75, 3.05) is 11.4 Å². The molecule has 15 heavy (non-hydrogen) atoms. The average Bonchev–Trinajstić information content (AvgIpc) is 2.63. The summed E-state index contributed by atoms with van der Waals surface area (Å²) in [6, 6.07) is 4.75. The van der Waals surface area contributed by atoms with Crippen LogP contribution in [-0.4, -0.2) is 17.6 Å². The first kappa shape index (κ1) is 10.2. The lowest BCUT2D eigenvalue weighted by Gasteiger charge is -2.23. The number of hydrogen-bond acceptors (Lipinski definition) is 2.